The van der Waals surface area contributed by atoms with E-state index in [1.54, 1.807) is 5.57 Å². The van der Waals surface area contributed by atoms with Crippen LogP contribution in [0.15, 0.2) is 16.6 Å². The van der Waals surface area contributed by atoms with Crippen LogP contribution in [0.3, 0.4) is 0 Å². The maximum Gasteiger partial charge on any atom is 0.0717 e. The van der Waals surface area contributed by atoms with Gasteiger partial charge in [0.2, 0.25) is 0 Å². The van der Waals surface area contributed by atoms with Gasteiger partial charge in [-0.2, -0.15) is 0 Å². The Morgan fingerprint density at radius 1 is 1.39 bits per heavy atom. The molecule has 2 heteroatoms. The first-order valence-corrected chi connectivity index (χ1v) is 7.61. The van der Waals surface area contributed by atoms with E-state index in [0.717, 1.165) is 5.92 Å². The second-order valence-corrected chi connectivity index (χ2v) is 7.16. The third-order valence-corrected chi connectivity index (χ3v) is 5.31. The molecule has 0 radical (unpaired) electrons. The molecule has 2 aliphatic carbocycles. The van der Waals surface area contributed by atoms with Gasteiger partial charge in [0.15, 0.2) is 0 Å². The fourth-order valence-electron chi connectivity index (χ4n) is 3.86. The van der Waals surface area contributed by atoms with Crippen LogP contribution in [0.25, 0.3) is 0 Å². The summed E-state index contributed by atoms with van der Waals surface area (Å²) >= 11 is 4.79. The predicted octanol–water partition coefficient (Wildman–Crippen LogP) is 5.03. The van der Waals surface area contributed by atoms with Crippen LogP contribution in [0.1, 0.15) is 59.8 Å². The van der Waals surface area contributed by atoms with E-state index in [1.165, 1.54) is 32.1 Å². The lowest BCUT2D eigenvalue weighted by Gasteiger charge is -2.46. The molecule has 0 amide bonds. The van der Waals surface area contributed by atoms with Crippen molar-refractivity contribution >= 4 is 17.4 Å². The summed E-state index contributed by atoms with van der Waals surface area (Å²) < 4.78 is 0. The van der Waals surface area contributed by atoms with Gasteiger partial charge >= 0.3 is 0 Å². The Balaban J connectivity index is 2.32. The van der Waals surface area contributed by atoms with Crippen LogP contribution in [0.5, 0.6) is 0 Å². The van der Waals surface area contributed by atoms with Crippen LogP contribution in [0.2, 0.25) is 0 Å². The van der Waals surface area contributed by atoms with Crippen molar-refractivity contribution in [1.82, 2.24) is 0 Å². The number of allylic oxidation sites excluding steroid dienone is 1. The van der Waals surface area contributed by atoms with E-state index in [0.29, 0.717) is 11.3 Å². The minimum atomic E-state index is -0.0900. The van der Waals surface area contributed by atoms with Crippen molar-refractivity contribution in [2.75, 3.05) is 0 Å². The zero-order chi connectivity index (χ0) is 13.4. The van der Waals surface area contributed by atoms with Crippen molar-refractivity contribution in [3.63, 3.8) is 0 Å². The van der Waals surface area contributed by atoms with E-state index in [4.69, 9.17) is 12.2 Å². The highest BCUT2D eigenvalue weighted by Crippen LogP contribution is 2.52. The van der Waals surface area contributed by atoms with E-state index in [1.807, 2.05) is 0 Å². The minimum Gasteiger partial charge on any atom is -0.226 e. The number of fused-ring (bicyclic) bond motifs is 1. The van der Waals surface area contributed by atoms with Crippen LogP contribution >= 0.6 is 12.2 Å². The molecule has 18 heavy (non-hydrogen) atoms. The molecular formula is C16H25NS. The second kappa shape index (κ2) is 4.90. The van der Waals surface area contributed by atoms with Crippen molar-refractivity contribution in [3.8, 4) is 0 Å². The fraction of sp³-hybridized carbons (Fsp3) is 0.812. The molecule has 0 N–H and O–H groups in total. The highest BCUT2D eigenvalue weighted by Gasteiger charge is 2.41. The summed E-state index contributed by atoms with van der Waals surface area (Å²) in [5.74, 6) is 1.27. The van der Waals surface area contributed by atoms with Crippen LogP contribution < -0.4 is 0 Å². The molecule has 1 saturated carbocycles. The van der Waals surface area contributed by atoms with Crippen molar-refractivity contribution in [2.24, 2.45) is 22.2 Å². The van der Waals surface area contributed by atoms with E-state index in [-0.39, 0.29) is 5.54 Å². The maximum atomic E-state index is 4.79. The molecule has 1 fully saturated rings. The Morgan fingerprint density at radius 3 is 2.78 bits per heavy atom. The van der Waals surface area contributed by atoms with Crippen LogP contribution in [-0.2, 0) is 0 Å². The van der Waals surface area contributed by atoms with Gasteiger partial charge in [-0.3, -0.25) is 0 Å². The van der Waals surface area contributed by atoms with E-state index in [2.05, 4.69) is 43.9 Å². The molecule has 100 valence electrons. The highest BCUT2D eigenvalue weighted by molar-refractivity contribution is 7.78. The number of aliphatic imine (C=N–C) groups is 1. The lowest BCUT2D eigenvalue weighted by Crippen LogP contribution is -2.37. The average Bonchev–Trinajstić information content (AvgIpc) is 2.28. The van der Waals surface area contributed by atoms with Gasteiger partial charge in [0.25, 0.3) is 0 Å². The summed E-state index contributed by atoms with van der Waals surface area (Å²) in [4.78, 5) is 4.39. The zero-order valence-corrected chi connectivity index (χ0v) is 12.9. The van der Waals surface area contributed by atoms with Crippen molar-refractivity contribution in [3.05, 3.63) is 11.6 Å². The van der Waals surface area contributed by atoms with Crippen LogP contribution in [0, 0.1) is 17.3 Å². The molecular weight excluding hydrogens is 238 g/mol. The fourth-order valence-corrected chi connectivity index (χ4v) is 4.10. The molecule has 0 spiro atoms. The monoisotopic (exact) mass is 263 g/mol. The number of nitrogens with zero attached hydrogens (tertiary/aromatic N) is 1. The van der Waals surface area contributed by atoms with Gasteiger partial charge in [0, 0.05) is 5.92 Å². The molecule has 2 aliphatic rings. The Morgan fingerprint density at radius 2 is 2.11 bits per heavy atom. The summed E-state index contributed by atoms with van der Waals surface area (Å²) in [5.41, 5.74) is 2.07. The maximum absolute atomic E-state index is 4.79. The van der Waals surface area contributed by atoms with Gasteiger partial charge in [0.05, 0.1) is 10.7 Å². The molecule has 0 heterocycles. The summed E-state index contributed by atoms with van der Waals surface area (Å²) in [7, 11) is 0. The predicted molar refractivity (Wildman–Crippen MR) is 81.0 cm³/mol. The lowest BCUT2D eigenvalue weighted by atomic mass is 9.59. The Labute approximate surface area is 117 Å². The number of thiocarbonyl (C=S) groups is 1. The molecule has 0 bridgehead atoms. The third-order valence-electron chi connectivity index (χ3n) is 5.22. The molecule has 3 atom stereocenters. The standard InChI is InChI=1S/C16H25NS/c1-12-6-5-8-16(4)9-7-13(10-14(12)16)15(2,3)17-11-18/h10,12-13H,5-9H2,1-4H3/t12-,13?,16+/m0/s1. The van der Waals surface area contributed by atoms with E-state index < -0.39 is 0 Å². The average molecular weight is 263 g/mol. The number of hydrogen-bond acceptors (Lipinski definition) is 2. The number of hydrogen-bond donors (Lipinski definition) is 0. The minimum absolute atomic E-state index is 0.0900. The molecule has 0 aromatic carbocycles. The smallest absolute Gasteiger partial charge is 0.0717 e. The highest BCUT2D eigenvalue weighted by atomic mass is 32.1. The first-order chi connectivity index (χ1) is 8.39. The van der Waals surface area contributed by atoms with Crippen LogP contribution in [-0.4, -0.2) is 10.7 Å². The van der Waals surface area contributed by atoms with E-state index in [9.17, 15) is 0 Å². The van der Waals surface area contributed by atoms with Crippen LogP contribution in [0.4, 0.5) is 0 Å². The Kier molecular flexibility index (Phi) is 3.80. The molecule has 0 aromatic rings. The second-order valence-electron chi connectivity index (χ2n) is 6.98. The Hall–Kier alpha value is -0.460. The van der Waals surface area contributed by atoms with E-state index >= 15 is 0 Å². The van der Waals surface area contributed by atoms with Gasteiger partial charge in [-0.15, -0.1) is 0 Å². The van der Waals surface area contributed by atoms with Crippen molar-refractivity contribution < 1.29 is 0 Å². The summed E-state index contributed by atoms with van der Waals surface area (Å²) in [5, 5.41) is 2.58. The van der Waals surface area contributed by atoms with Crippen molar-refractivity contribution in [1.29, 1.82) is 0 Å². The van der Waals surface area contributed by atoms with Gasteiger partial charge in [-0.05, 0) is 63.1 Å². The summed E-state index contributed by atoms with van der Waals surface area (Å²) in [6.45, 7) is 9.22. The molecule has 1 unspecified atom stereocenters. The zero-order valence-electron chi connectivity index (χ0n) is 12.1. The summed E-state index contributed by atoms with van der Waals surface area (Å²) in [6.07, 6.45) is 9.19. The van der Waals surface area contributed by atoms with Gasteiger partial charge in [-0.25, -0.2) is 4.99 Å². The Bertz CT molecular complexity index is 403. The van der Waals surface area contributed by atoms with Gasteiger partial charge in [0.1, 0.15) is 0 Å². The van der Waals surface area contributed by atoms with Gasteiger partial charge in [-0.1, -0.05) is 31.9 Å². The van der Waals surface area contributed by atoms with Gasteiger partial charge < -0.3 is 0 Å². The quantitative estimate of drug-likeness (QED) is 0.386. The van der Waals surface area contributed by atoms with Crippen molar-refractivity contribution in [2.45, 2.75) is 65.3 Å². The topological polar surface area (TPSA) is 12.4 Å². The number of isothiocyanates is 1. The molecule has 2 rings (SSSR count). The molecule has 0 aliphatic heterocycles. The first-order valence-electron chi connectivity index (χ1n) is 7.20. The largest absolute Gasteiger partial charge is 0.226 e. The molecule has 1 nitrogen and oxygen atoms in total. The number of rotatable bonds is 2. The summed E-state index contributed by atoms with van der Waals surface area (Å²) in [6, 6.07) is 0. The molecule has 0 aromatic heterocycles. The normalized spacial score (nSPS) is 36.3. The first kappa shape index (κ1) is 14.0. The molecule has 0 saturated heterocycles. The SMILES string of the molecule is C[C@H]1CCC[C@]2(C)CCC(C(C)(C)N=C=S)C=C12. The third kappa shape index (κ3) is 2.46. The lowest BCUT2D eigenvalue weighted by molar-refractivity contribution is 0.191.